The van der Waals surface area contributed by atoms with E-state index < -0.39 is 96.0 Å². The third-order valence-corrected chi connectivity index (χ3v) is 12.2. The van der Waals surface area contributed by atoms with Gasteiger partial charge in [-0.1, -0.05) is 20.8 Å². The Morgan fingerprint density at radius 2 is 1.56 bits per heavy atom. The Bertz CT molecular complexity index is 1140. The second-order valence-electron chi connectivity index (χ2n) is 17.2. The minimum Gasteiger partial charge on any atom is -0.459 e. The first-order valence-electron chi connectivity index (χ1n) is 19.1. The number of hydrogen-bond acceptors (Lipinski definition) is 14. The van der Waals surface area contributed by atoms with Crippen LogP contribution in [0, 0.1) is 17.8 Å². The largest absolute Gasteiger partial charge is 0.459 e. The van der Waals surface area contributed by atoms with Gasteiger partial charge in [0, 0.05) is 38.1 Å². The lowest BCUT2D eigenvalue weighted by Gasteiger charge is -2.48. The van der Waals surface area contributed by atoms with Crippen LogP contribution in [-0.2, 0) is 33.2 Å². The average Bonchev–Trinajstić information content (AvgIpc) is 3.05. The van der Waals surface area contributed by atoms with Crippen LogP contribution in [0.4, 0.5) is 0 Å². The lowest BCUT2D eigenvalue weighted by atomic mass is 9.77. The van der Waals surface area contributed by atoms with Crippen molar-refractivity contribution in [1.82, 2.24) is 9.80 Å². The molecule has 0 saturated carbocycles. The molecule has 0 amide bonds. The van der Waals surface area contributed by atoms with Crippen molar-refractivity contribution >= 4 is 5.97 Å². The lowest BCUT2D eigenvalue weighted by Crippen LogP contribution is -2.60. The molecule has 14 heteroatoms. The molecule has 0 aromatic heterocycles. The van der Waals surface area contributed by atoms with Crippen LogP contribution in [0.15, 0.2) is 0 Å². The summed E-state index contributed by atoms with van der Waals surface area (Å²) in [4.78, 5) is 18.0. The Labute approximate surface area is 312 Å². The SMILES string of the molecule is CC[C@H]1OC(=O)[C@H](C)[C@@H](O[C@@H]2C[C@](C)(OC)[C@H](O)[C@H](C)O2)[C@H](C)[C@H](O[C@@H]2O[C@H](C)C[C@@H](N(C)C)[C@@H]2O)[C@](C)(O)C[C@@H](C)CN(C)[C@H](C)[C@@H](O)[C@]1(C)O. The molecule has 3 saturated heterocycles. The van der Waals surface area contributed by atoms with Crippen molar-refractivity contribution in [2.24, 2.45) is 17.8 Å². The summed E-state index contributed by atoms with van der Waals surface area (Å²) in [5.74, 6) is -2.58. The van der Waals surface area contributed by atoms with E-state index in [1.165, 1.54) is 14.0 Å². The molecule has 0 spiro atoms. The number of nitrogens with zero attached hydrogens (tertiary/aromatic N) is 2. The van der Waals surface area contributed by atoms with Crippen LogP contribution in [0.5, 0.6) is 0 Å². The molecule has 3 aliphatic rings. The van der Waals surface area contributed by atoms with E-state index in [0.29, 0.717) is 13.0 Å². The summed E-state index contributed by atoms with van der Waals surface area (Å²) in [6.07, 6.45) is -8.19. The maximum atomic E-state index is 14.2. The molecule has 0 bridgehead atoms. The van der Waals surface area contributed by atoms with Crippen molar-refractivity contribution in [1.29, 1.82) is 0 Å². The van der Waals surface area contributed by atoms with E-state index in [9.17, 15) is 30.3 Å². The molecule has 3 aliphatic heterocycles. The summed E-state index contributed by atoms with van der Waals surface area (Å²) in [7, 11) is 7.12. The number of esters is 1. The topological polar surface area (TPSA) is 180 Å². The highest BCUT2D eigenvalue weighted by Crippen LogP contribution is 2.40. The van der Waals surface area contributed by atoms with E-state index >= 15 is 0 Å². The van der Waals surface area contributed by atoms with Crippen LogP contribution in [-0.4, -0.2) is 166 Å². The van der Waals surface area contributed by atoms with Gasteiger partial charge in [0.25, 0.3) is 0 Å². The van der Waals surface area contributed by atoms with Gasteiger partial charge in [-0.25, -0.2) is 0 Å². The molecular weight excluding hydrogens is 676 g/mol. The van der Waals surface area contributed by atoms with Crippen molar-refractivity contribution in [2.75, 3.05) is 34.8 Å². The first-order chi connectivity index (χ1) is 23.9. The second kappa shape index (κ2) is 17.8. The Balaban J connectivity index is 2.17. The van der Waals surface area contributed by atoms with Gasteiger partial charge in [0.2, 0.25) is 0 Å². The predicted molar refractivity (Wildman–Crippen MR) is 194 cm³/mol. The van der Waals surface area contributed by atoms with E-state index in [-0.39, 0.29) is 37.3 Å². The van der Waals surface area contributed by atoms with Crippen LogP contribution in [0.1, 0.15) is 94.9 Å². The monoisotopic (exact) mass is 749 g/mol. The Morgan fingerprint density at radius 1 is 0.942 bits per heavy atom. The zero-order valence-electron chi connectivity index (χ0n) is 34.2. The van der Waals surface area contributed by atoms with E-state index in [1.54, 1.807) is 41.5 Å². The van der Waals surface area contributed by atoms with Gasteiger partial charge in [-0.15, -0.1) is 0 Å². The smallest absolute Gasteiger partial charge is 0.311 e. The molecule has 52 heavy (non-hydrogen) atoms. The molecule has 5 N–H and O–H groups in total. The number of rotatable bonds is 7. The fourth-order valence-electron chi connectivity index (χ4n) is 8.74. The minimum absolute atomic E-state index is 0.133. The van der Waals surface area contributed by atoms with Gasteiger partial charge < -0.3 is 63.8 Å². The van der Waals surface area contributed by atoms with Gasteiger partial charge in [0.05, 0.1) is 41.5 Å². The number of carbonyl (C=O) groups is 1. The zero-order chi connectivity index (χ0) is 39.7. The van der Waals surface area contributed by atoms with Crippen molar-refractivity contribution in [3.8, 4) is 0 Å². The molecule has 0 radical (unpaired) electrons. The summed E-state index contributed by atoms with van der Waals surface area (Å²) < 4.78 is 37.5. The maximum absolute atomic E-state index is 14.2. The maximum Gasteiger partial charge on any atom is 0.311 e. The third kappa shape index (κ3) is 10.0. The van der Waals surface area contributed by atoms with Gasteiger partial charge in [-0.05, 0) is 94.8 Å². The molecule has 0 aromatic rings. The number of methoxy groups -OCH3 is 1. The zero-order valence-corrected chi connectivity index (χ0v) is 34.2. The van der Waals surface area contributed by atoms with Gasteiger partial charge in [-0.3, -0.25) is 4.79 Å². The van der Waals surface area contributed by atoms with E-state index in [2.05, 4.69) is 0 Å². The highest BCUT2D eigenvalue weighted by atomic mass is 16.7. The number of ether oxygens (including phenoxy) is 6. The Kier molecular flexibility index (Phi) is 15.6. The van der Waals surface area contributed by atoms with Crippen LogP contribution >= 0.6 is 0 Å². The molecule has 0 unspecified atom stereocenters. The number of likely N-dealkylation sites (N-methyl/N-ethyl adjacent to an activating group) is 2. The number of hydrogen-bond donors (Lipinski definition) is 5. The lowest BCUT2D eigenvalue weighted by molar-refractivity contribution is -0.318. The van der Waals surface area contributed by atoms with Gasteiger partial charge in [-0.2, -0.15) is 0 Å². The highest BCUT2D eigenvalue weighted by Gasteiger charge is 2.52. The normalized spacial score (nSPS) is 49.6. The van der Waals surface area contributed by atoms with Gasteiger partial charge in [0.15, 0.2) is 12.6 Å². The van der Waals surface area contributed by atoms with E-state index in [0.717, 1.165) is 0 Å². The summed E-state index contributed by atoms with van der Waals surface area (Å²) in [6, 6.07) is -0.808. The molecule has 3 heterocycles. The molecular formula is C38H72N2O12. The molecule has 0 aromatic carbocycles. The second-order valence-corrected chi connectivity index (χ2v) is 17.2. The Hall–Kier alpha value is -1.01. The number of carbonyl (C=O) groups excluding carboxylic acids is 1. The minimum atomic E-state index is -1.80. The number of aliphatic hydroxyl groups excluding tert-OH is 3. The van der Waals surface area contributed by atoms with Gasteiger partial charge >= 0.3 is 5.97 Å². The fourth-order valence-corrected chi connectivity index (χ4v) is 8.74. The highest BCUT2D eigenvalue weighted by molar-refractivity contribution is 5.73. The molecule has 306 valence electrons. The average molecular weight is 749 g/mol. The van der Waals surface area contributed by atoms with E-state index in [1.807, 2.05) is 51.7 Å². The third-order valence-electron chi connectivity index (χ3n) is 12.2. The van der Waals surface area contributed by atoms with Crippen molar-refractivity contribution in [2.45, 2.75) is 185 Å². The fraction of sp³-hybridized carbons (Fsp3) is 0.974. The van der Waals surface area contributed by atoms with Crippen LogP contribution in [0.3, 0.4) is 0 Å². The van der Waals surface area contributed by atoms with E-state index in [4.69, 9.17) is 28.4 Å². The first kappa shape index (κ1) is 45.4. The summed E-state index contributed by atoms with van der Waals surface area (Å²) >= 11 is 0. The van der Waals surface area contributed by atoms with Crippen LogP contribution < -0.4 is 0 Å². The van der Waals surface area contributed by atoms with Crippen LogP contribution in [0.25, 0.3) is 0 Å². The van der Waals surface area contributed by atoms with Crippen molar-refractivity contribution in [3.05, 3.63) is 0 Å². The predicted octanol–water partition coefficient (Wildman–Crippen LogP) is 1.90. The first-order valence-corrected chi connectivity index (χ1v) is 19.1. The molecule has 3 fully saturated rings. The molecule has 0 aliphatic carbocycles. The quantitative estimate of drug-likeness (QED) is 0.238. The van der Waals surface area contributed by atoms with Crippen LogP contribution in [0.2, 0.25) is 0 Å². The summed E-state index contributed by atoms with van der Waals surface area (Å²) in [5.41, 5.74) is -4.37. The van der Waals surface area contributed by atoms with Crippen molar-refractivity contribution in [3.63, 3.8) is 0 Å². The standard InChI is InChI=1S/C38H72N2O12/c1-15-27-38(10,46)31(42)24(6)40(13)19-20(2)17-36(8,45)33(52-35-29(41)26(39(11)12)16-21(3)48-35)22(4)30(23(5)34(44)50-27)51-28-18-37(9,47-14)32(43)25(7)49-28/h20-33,35,41-43,45-46H,15-19H2,1-14H3/t20-,21-,22+,23-,24-,25+,26-,27-,28-,29+,30+,31-,32-,33+,35+,36-,37+,38-/m1/s1. The molecule has 18 atom stereocenters. The molecule has 3 rings (SSSR count). The van der Waals surface area contributed by atoms with Gasteiger partial charge in [0.1, 0.15) is 30.0 Å². The number of aliphatic hydroxyl groups is 5. The molecule has 14 nitrogen and oxygen atoms in total. The summed E-state index contributed by atoms with van der Waals surface area (Å²) in [6.45, 7) is 18.0. The van der Waals surface area contributed by atoms with Crippen molar-refractivity contribution < 1.29 is 58.7 Å². The summed E-state index contributed by atoms with van der Waals surface area (Å²) in [5, 5.41) is 58.1. The number of cyclic esters (lactones) is 1. The Morgan fingerprint density at radius 3 is 2.12 bits per heavy atom.